The summed E-state index contributed by atoms with van der Waals surface area (Å²) < 4.78 is 5.23. The summed E-state index contributed by atoms with van der Waals surface area (Å²) in [6.07, 6.45) is 0.280. The minimum atomic E-state index is -1.00. The molecule has 1 aliphatic heterocycles. The Hall–Kier alpha value is -3.64. The number of rotatable bonds is 4. The van der Waals surface area contributed by atoms with E-state index >= 15 is 0 Å². The molecule has 0 unspecified atom stereocenters. The molecular formula is C25H19NO4S. The minimum absolute atomic E-state index is 0.116. The second-order valence-electron chi connectivity index (χ2n) is 7.45. The third-order valence-corrected chi connectivity index (χ3v) is 6.97. The number of aromatic carboxylic acids is 1. The van der Waals surface area contributed by atoms with Gasteiger partial charge < -0.3 is 15.2 Å². The van der Waals surface area contributed by atoms with Crippen molar-refractivity contribution in [1.82, 2.24) is 0 Å². The number of carboxylic acids is 1. The van der Waals surface area contributed by atoms with Crippen molar-refractivity contribution in [3.05, 3.63) is 82.0 Å². The molecule has 1 aromatic heterocycles. The number of hydrogen-bond acceptors (Lipinski definition) is 4. The molecule has 1 amide bonds. The maximum absolute atomic E-state index is 12.7. The van der Waals surface area contributed by atoms with Crippen molar-refractivity contribution in [1.29, 1.82) is 0 Å². The van der Waals surface area contributed by atoms with Gasteiger partial charge in [-0.2, -0.15) is 0 Å². The molecule has 0 bridgehead atoms. The van der Waals surface area contributed by atoms with Crippen molar-refractivity contribution in [3.63, 3.8) is 0 Å². The highest BCUT2D eigenvalue weighted by Gasteiger charge is 2.35. The van der Waals surface area contributed by atoms with Gasteiger partial charge in [-0.25, -0.2) is 4.79 Å². The molecule has 6 heteroatoms. The smallest absolute Gasteiger partial charge is 0.346 e. The first kappa shape index (κ1) is 19.3. The molecule has 1 atom stereocenters. The zero-order chi connectivity index (χ0) is 21.5. The topological polar surface area (TPSA) is 75.6 Å². The summed E-state index contributed by atoms with van der Waals surface area (Å²) >= 11 is 1.24. The Balaban J connectivity index is 1.73. The monoisotopic (exact) mass is 429 g/mol. The van der Waals surface area contributed by atoms with E-state index in [0.29, 0.717) is 17.0 Å². The summed E-state index contributed by atoms with van der Waals surface area (Å²) in [5, 5.41) is 15.1. The Bertz CT molecular complexity index is 1320. The van der Waals surface area contributed by atoms with E-state index in [-0.39, 0.29) is 23.1 Å². The molecule has 0 aliphatic carbocycles. The molecule has 0 saturated heterocycles. The molecule has 1 aliphatic rings. The maximum atomic E-state index is 12.7. The Morgan fingerprint density at radius 2 is 1.81 bits per heavy atom. The number of carboxylic acid groups (broad SMARTS) is 1. The Labute approximate surface area is 182 Å². The molecule has 5 nitrogen and oxygen atoms in total. The molecule has 0 spiro atoms. The van der Waals surface area contributed by atoms with E-state index in [1.165, 1.54) is 11.3 Å². The predicted octanol–water partition coefficient (Wildman–Crippen LogP) is 5.75. The van der Waals surface area contributed by atoms with E-state index in [2.05, 4.69) is 5.32 Å². The lowest BCUT2D eigenvalue weighted by Crippen LogP contribution is -2.22. The Morgan fingerprint density at radius 1 is 1.06 bits per heavy atom. The van der Waals surface area contributed by atoms with Crippen LogP contribution in [-0.2, 0) is 4.79 Å². The van der Waals surface area contributed by atoms with E-state index in [1.807, 2.05) is 54.6 Å². The number of carbonyl (C=O) groups is 2. The quantitative estimate of drug-likeness (QED) is 0.433. The largest absolute Gasteiger partial charge is 0.497 e. The molecule has 154 valence electrons. The molecule has 0 saturated carbocycles. The molecule has 4 aromatic rings. The number of ether oxygens (including phenoxy) is 1. The van der Waals surface area contributed by atoms with Crippen LogP contribution in [0.3, 0.4) is 0 Å². The summed E-state index contributed by atoms with van der Waals surface area (Å²) in [4.78, 5) is 26.0. The van der Waals surface area contributed by atoms with E-state index in [0.717, 1.165) is 26.8 Å². The molecule has 3 aromatic carbocycles. The van der Waals surface area contributed by atoms with Crippen LogP contribution in [-0.4, -0.2) is 24.1 Å². The fourth-order valence-electron chi connectivity index (χ4n) is 4.28. The standard InChI is InChI=1S/C25H19NO4S/c1-30-16-11-9-15(10-12-16)21-22-23(31-24(21)25(28)29)19(13-20(27)26-22)18-8-4-6-14-5-2-3-7-17(14)18/h2-12,19H,13H2,1H3,(H,26,27)(H,28,29)/t19-/m1/s1. The average molecular weight is 429 g/mol. The molecular weight excluding hydrogens is 410 g/mol. The van der Waals surface area contributed by atoms with Crippen LogP contribution in [0.15, 0.2) is 66.7 Å². The third kappa shape index (κ3) is 3.25. The zero-order valence-electron chi connectivity index (χ0n) is 16.7. The number of nitrogens with one attached hydrogen (secondary N) is 1. The highest BCUT2D eigenvalue weighted by molar-refractivity contribution is 7.15. The van der Waals surface area contributed by atoms with Gasteiger partial charge in [-0.15, -0.1) is 11.3 Å². The zero-order valence-corrected chi connectivity index (χ0v) is 17.5. The lowest BCUT2D eigenvalue weighted by atomic mass is 9.86. The molecule has 0 fully saturated rings. The number of thiophene rings is 1. The van der Waals surface area contributed by atoms with Crippen LogP contribution in [0.5, 0.6) is 5.75 Å². The Morgan fingerprint density at radius 3 is 2.55 bits per heavy atom. The van der Waals surface area contributed by atoms with Gasteiger partial charge in [0, 0.05) is 22.8 Å². The first-order chi connectivity index (χ1) is 15.1. The van der Waals surface area contributed by atoms with Gasteiger partial charge in [0.25, 0.3) is 0 Å². The second-order valence-corrected chi connectivity index (χ2v) is 8.50. The first-order valence-electron chi connectivity index (χ1n) is 9.88. The summed E-state index contributed by atoms with van der Waals surface area (Å²) in [5.41, 5.74) is 2.92. The number of fused-ring (bicyclic) bond motifs is 2. The van der Waals surface area contributed by atoms with Crippen LogP contribution in [0.2, 0.25) is 0 Å². The van der Waals surface area contributed by atoms with Crippen molar-refractivity contribution >= 4 is 39.7 Å². The van der Waals surface area contributed by atoms with E-state index < -0.39 is 5.97 Å². The van der Waals surface area contributed by atoms with Crippen molar-refractivity contribution in [2.45, 2.75) is 12.3 Å². The van der Waals surface area contributed by atoms with Gasteiger partial charge >= 0.3 is 5.97 Å². The number of carbonyl (C=O) groups excluding carboxylic acids is 1. The number of hydrogen-bond donors (Lipinski definition) is 2. The minimum Gasteiger partial charge on any atom is -0.497 e. The van der Waals surface area contributed by atoms with Crippen molar-refractivity contribution in [3.8, 4) is 16.9 Å². The molecule has 0 radical (unpaired) electrons. The van der Waals surface area contributed by atoms with Crippen LogP contribution in [0.25, 0.3) is 21.9 Å². The fraction of sp³-hybridized carbons (Fsp3) is 0.120. The summed E-state index contributed by atoms with van der Waals surface area (Å²) in [5.74, 6) is -0.640. The first-order valence-corrected chi connectivity index (χ1v) is 10.7. The second kappa shape index (κ2) is 7.56. The maximum Gasteiger partial charge on any atom is 0.346 e. The van der Waals surface area contributed by atoms with Gasteiger partial charge in [0.15, 0.2) is 0 Å². The van der Waals surface area contributed by atoms with Crippen LogP contribution in [0.1, 0.15) is 32.5 Å². The van der Waals surface area contributed by atoms with Crippen LogP contribution < -0.4 is 10.1 Å². The highest BCUT2D eigenvalue weighted by atomic mass is 32.1. The summed E-state index contributed by atoms with van der Waals surface area (Å²) in [7, 11) is 1.58. The van der Waals surface area contributed by atoms with E-state index in [4.69, 9.17) is 4.74 Å². The van der Waals surface area contributed by atoms with Gasteiger partial charge in [-0.3, -0.25) is 4.79 Å². The molecule has 2 heterocycles. The number of methoxy groups -OCH3 is 1. The normalized spacial score (nSPS) is 15.4. The van der Waals surface area contributed by atoms with Gasteiger partial charge in [-0.05, 0) is 34.0 Å². The molecule has 2 N–H and O–H groups in total. The fourth-order valence-corrected chi connectivity index (χ4v) is 5.51. The Kier molecular flexibility index (Phi) is 4.71. The van der Waals surface area contributed by atoms with Gasteiger partial charge in [-0.1, -0.05) is 54.6 Å². The van der Waals surface area contributed by atoms with Crippen LogP contribution in [0.4, 0.5) is 5.69 Å². The molecule has 5 rings (SSSR count). The van der Waals surface area contributed by atoms with Crippen molar-refractivity contribution in [2.24, 2.45) is 0 Å². The van der Waals surface area contributed by atoms with E-state index in [1.54, 1.807) is 19.2 Å². The van der Waals surface area contributed by atoms with Crippen LogP contribution >= 0.6 is 11.3 Å². The van der Waals surface area contributed by atoms with E-state index in [9.17, 15) is 14.7 Å². The van der Waals surface area contributed by atoms with Gasteiger partial charge in [0.05, 0.1) is 12.8 Å². The van der Waals surface area contributed by atoms with Gasteiger partial charge in [0.2, 0.25) is 5.91 Å². The van der Waals surface area contributed by atoms with Crippen molar-refractivity contribution < 1.29 is 19.4 Å². The van der Waals surface area contributed by atoms with Crippen molar-refractivity contribution in [2.75, 3.05) is 12.4 Å². The lowest BCUT2D eigenvalue weighted by molar-refractivity contribution is -0.116. The number of anilines is 1. The highest BCUT2D eigenvalue weighted by Crippen LogP contribution is 2.50. The van der Waals surface area contributed by atoms with Crippen LogP contribution in [0, 0.1) is 0 Å². The number of benzene rings is 3. The summed E-state index contributed by atoms with van der Waals surface area (Å²) in [6, 6.07) is 21.3. The number of amides is 1. The van der Waals surface area contributed by atoms with Gasteiger partial charge in [0.1, 0.15) is 10.6 Å². The predicted molar refractivity (Wildman–Crippen MR) is 122 cm³/mol. The average Bonchev–Trinajstić information content (AvgIpc) is 3.18. The molecule has 31 heavy (non-hydrogen) atoms. The lowest BCUT2D eigenvalue weighted by Gasteiger charge is -2.25. The third-order valence-electron chi connectivity index (χ3n) is 5.68. The SMILES string of the molecule is COc1ccc(-c2c(C(=O)O)sc3c2NC(=O)C[C@@H]3c2cccc3ccccc23)cc1. The summed E-state index contributed by atoms with van der Waals surface area (Å²) in [6.45, 7) is 0.